The van der Waals surface area contributed by atoms with E-state index in [1.165, 1.54) is 22.5 Å². The smallest absolute Gasteiger partial charge is 0.261 e. The van der Waals surface area contributed by atoms with E-state index >= 15 is 0 Å². The molecular weight excluding hydrogens is 268 g/mol. The average molecular weight is 288 g/mol. The minimum absolute atomic E-state index is 0.00255. The van der Waals surface area contributed by atoms with Gasteiger partial charge in [-0.3, -0.25) is 4.79 Å². The van der Waals surface area contributed by atoms with Gasteiger partial charge in [-0.05, 0) is 44.3 Å². The van der Waals surface area contributed by atoms with E-state index in [-0.39, 0.29) is 5.91 Å². The van der Waals surface area contributed by atoms with Gasteiger partial charge in [0, 0.05) is 18.0 Å². The number of hydrogen-bond donors (Lipinski definition) is 1. The number of benzene rings is 1. The van der Waals surface area contributed by atoms with Crippen molar-refractivity contribution in [1.29, 1.82) is 0 Å². The lowest BCUT2D eigenvalue weighted by Crippen LogP contribution is -2.23. The molecule has 1 heterocycles. The first-order valence-corrected chi connectivity index (χ1v) is 7.44. The number of hydrogen-bond acceptors (Lipinski definition) is 3. The predicted molar refractivity (Wildman–Crippen MR) is 84.1 cm³/mol. The molecular formula is C16H20N2OS. The van der Waals surface area contributed by atoms with Crippen LogP contribution in [0.1, 0.15) is 25.7 Å². The third-order valence-electron chi connectivity index (χ3n) is 3.01. The second-order valence-electron chi connectivity index (χ2n) is 5.10. The van der Waals surface area contributed by atoms with Crippen LogP contribution in [-0.4, -0.2) is 24.9 Å². The molecule has 0 fully saturated rings. The Morgan fingerprint density at radius 1 is 1.15 bits per heavy atom. The zero-order valence-corrected chi connectivity index (χ0v) is 13.0. The maximum Gasteiger partial charge on any atom is 0.261 e. The number of carbonyl (C=O) groups is 1. The molecule has 1 N–H and O–H groups in total. The van der Waals surface area contributed by atoms with E-state index in [1.807, 2.05) is 45.3 Å². The highest BCUT2D eigenvalue weighted by Gasteiger charge is 2.09. The molecule has 0 saturated carbocycles. The summed E-state index contributed by atoms with van der Waals surface area (Å²) in [6.45, 7) is 3.46. The molecule has 0 radical (unpaired) electrons. The molecule has 0 aliphatic heterocycles. The monoisotopic (exact) mass is 288 g/mol. The first-order chi connectivity index (χ1) is 9.56. The Bertz CT molecular complexity index is 590. The second kappa shape index (κ2) is 6.68. The molecule has 106 valence electrons. The minimum atomic E-state index is 0.00255. The maximum atomic E-state index is 12.1. The maximum absolute atomic E-state index is 12.1. The summed E-state index contributed by atoms with van der Waals surface area (Å²) in [5, 5.41) is 3.00. The van der Waals surface area contributed by atoms with Gasteiger partial charge in [0.2, 0.25) is 0 Å². The van der Waals surface area contributed by atoms with Crippen LogP contribution in [0.25, 0.3) is 0 Å². The van der Waals surface area contributed by atoms with Crippen molar-refractivity contribution >= 4 is 17.2 Å². The van der Waals surface area contributed by atoms with Gasteiger partial charge < -0.3 is 10.2 Å². The average Bonchev–Trinajstić information content (AvgIpc) is 2.83. The number of nitrogens with one attached hydrogen (secondary N) is 1. The Kier molecular flexibility index (Phi) is 4.93. The zero-order chi connectivity index (χ0) is 14.5. The number of rotatable bonds is 5. The van der Waals surface area contributed by atoms with Crippen molar-refractivity contribution in [3.8, 4) is 0 Å². The normalized spacial score (nSPS) is 10.8. The molecule has 0 unspecified atom stereocenters. The van der Waals surface area contributed by atoms with Crippen LogP contribution >= 0.6 is 11.3 Å². The number of amides is 1. The SMILES string of the molecule is Cc1ccc(C(=O)NCc2ccccc2CN(C)C)s1. The highest BCUT2D eigenvalue weighted by molar-refractivity contribution is 7.13. The number of thiophene rings is 1. The van der Waals surface area contributed by atoms with Crippen molar-refractivity contribution in [3.05, 3.63) is 57.3 Å². The summed E-state index contributed by atoms with van der Waals surface area (Å²) < 4.78 is 0. The van der Waals surface area contributed by atoms with Crippen LogP contribution in [0.5, 0.6) is 0 Å². The molecule has 2 aromatic rings. The molecule has 1 amide bonds. The van der Waals surface area contributed by atoms with Gasteiger partial charge in [0.25, 0.3) is 5.91 Å². The van der Waals surface area contributed by atoms with Gasteiger partial charge in [-0.2, -0.15) is 0 Å². The van der Waals surface area contributed by atoms with E-state index in [4.69, 9.17) is 0 Å². The van der Waals surface area contributed by atoms with Gasteiger partial charge in [0.1, 0.15) is 0 Å². The van der Waals surface area contributed by atoms with Crippen molar-refractivity contribution in [3.63, 3.8) is 0 Å². The molecule has 1 aromatic heterocycles. The van der Waals surface area contributed by atoms with E-state index < -0.39 is 0 Å². The van der Waals surface area contributed by atoms with Gasteiger partial charge >= 0.3 is 0 Å². The van der Waals surface area contributed by atoms with Crippen LogP contribution in [0, 0.1) is 6.92 Å². The van der Waals surface area contributed by atoms with E-state index in [0.29, 0.717) is 6.54 Å². The molecule has 0 aliphatic carbocycles. The van der Waals surface area contributed by atoms with Crippen molar-refractivity contribution in [1.82, 2.24) is 10.2 Å². The molecule has 3 nitrogen and oxygen atoms in total. The van der Waals surface area contributed by atoms with Gasteiger partial charge in [-0.15, -0.1) is 11.3 Å². The molecule has 4 heteroatoms. The van der Waals surface area contributed by atoms with Crippen LogP contribution < -0.4 is 5.32 Å². The first kappa shape index (κ1) is 14.8. The molecule has 0 bridgehead atoms. The Balaban J connectivity index is 2.02. The molecule has 0 saturated heterocycles. The molecule has 0 spiro atoms. The van der Waals surface area contributed by atoms with Crippen molar-refractivity contribution in [2.24, 2.45) is 0 Å². The van der Waals surface area contributed by atoms with Crippen molar-refractivity contribution < 1.29 is 4.79 Å². The second-order valence-corrected chi connectivity index (χ2v) is 6.39. The summed E-state index contributed by atoms with van der Waals surface area (Å²) in [5.74, 6) is 0.00255. The quantitative estimate of drug-likeness (QED) is 0.917. The number of aryl methyl sites for hydroxylation is 1. The van der Waals surface area contributed by atoms with E-state index in [2.05, 4.69) is 22.3 Å². The summed E-state index contributed by atoms with van der Waals surface area (Å²) in [7, 11) is 4.09. The minimum Gasteiger partial charge on any atom is -0.347 e. The topological polar surface area (TPSA) is 32.3 Å². The van der Waals surface area contributed by atoms with E-state index in [0.717, 1.165) is 16.3 Å². The third-order valence-corrected chi connectivity index (χ3v) is 4.01. The standard InChI is InChI=1S/C16H20N2OS/c1-12-8-9-15(20-12)16(19)17-10-13-6-4-5-7-14(13)11-18(2)3/h4-9H,10-11H2,1-3H3,(H,17,19). The number of carbonyl (C=O) groups excluding carboxylic acids is 1. The first-order valence-electron chi connectivity index (χ1n) is 6.62. The van der Waals surface area contributed by atoms with E-state index in [1.54, 1.807) is 0 Å². The fraction of sp³-hybridized carbons (Fsp3) is 0.312. The summed E-state index contributed by atoms with van der Waals surface area (Å²) >= 11 is 1.53. The van der Waals surface area contributed by atoms with Crippen molar-refractivity contribution in [2.75, 3.05) is 14.1 Å². The van der Waals surface area contributed by atoms with E-state index in [9.17, 15) is 4.79 Å². The fourth-order valence-electron chi connectivity index (χ4n) is 2.04. The van der Waals surface area contributed by atoms with Crippen molar-refractivity contribution in [2.45, 2.75) is 20.0 Å². The largest absolute Gasteiger partial charge is 0.347 e. The summed E-state index contributed by atoms with van der Waals surface area (Å²) in [6, 6.07) is 12.1. The highest BCUT2D eigenvalue weighted by Crippen LogP contribution is 2.15. The predicted octanol–water partition coefficient (Wildman–Crippen LogP) is 3.05. The Morgan fingerprint density at radius 3 is 2.45 bits per heavy atom. The van der Waals surface area contributed by atoms with Crippen LogP contribution in [0.4, 0.5) is 0 Å². The van der Waals surface area contributed by atoms with Gasteiger partial charge in [-0.1, -0.05) is 24.3 Å². The lowest BCUT2D eigenvalue weighted by atomic mass is 10.1. The van der Waals surface area contributed by atoms with Gasteiger partial charge in [0.05, 0.1) is 4.88 Å². The summed E-state index contributed by atoms with van der Waals surface area (Å²) in [6.07, 6.45) is 0. The molecule has 1 aromatic carbocycles. The van der Waals surface area contributed by atoms with Gasteiger partial charge in [-0.25, -0.2) is 0 Å². The molecule has 2 rings (SSSR count). The third kappa shape index (κ3) is 3.92. The van der Waals surface area contributed by atoms with Crippen LogP contribution in [-0.2, 0) is 13.1 Å². The highest BCUT2D eigenvalue weighted by atomic mass is 32.1. The lowest BCUT2D eigenvalue weighted by Gasteiger charge is -2.14. The Labute approximate surface area is 124 Å². The van der Waals surface area contributed by atoms with Crippen LogP contribution in [0.3, 0.4) is 0 Å². The molecule has 20 heavy (non-hydrogen) atoms. The Morgan fingerprint density at radius 2 is 1.85 bits per heavy atom. The fourth-order valence-corrected chi connectivity index (χ4v) is 2.83. The molecule has 0 aliphatic rings. The summed E-state index contributed by atoms with van der Waals surface area (Å²) in [5.41, 5.74) is 2.42. The van der Waals surface area contributed by atoms with Crippen LogP contribution in [0.2, 0.25) is 0 Å². The number of nitrogens with zero attached hydrogens (tertiary/aromatic N) is 1. The lowest BCUT2D eigenvalue weighted by molar-refractivity contribution is 0.0955. The van der Waals surface area contributed by atoms with Gasteiger partial charge in [0.15, 0.2) is 0 Å². The Hall–Kier alpha value is -1.65. The summed E-state index contributed by atoms with van der Waals surface area (Å²) in [4.78, 5) is 16.1. The molecule has 0 atom stereocenters. The van der Waals surface area contributed by atoms with Crippen LogP contribution in [0.15, 0.2) is 36.4 Å². The zero-order valence-electron chi connectivity index (χ0n) is 12.1.